The molecule has 1 atom stereocenters. The number of hydrogen-bond acceptors (Lipinski definition) is 2. The summed E-state index contributed by atoms with van der Waals surface area (Å²) in [6.45, 7) is 0. The lowest BCUT2D eigenvalue weighted by molar-refractivity contribution is 0.414. The minimum absolute atomic E-state index is 0.137. The molecule has 106 valence electrons. The molecule has 0 fully saturated rings. The van der Waals surface area contributed by atoms with E-state index in [1.165, 1.54) is 11.6 Å². The molecule has 2 aromatic carbocycles. The van der Waals surface area contributed by atoms with Crippen molar-refractivity contribution < 1.29 is 9.13 Å². The zero-order chi connectivity index (χ0) is 14.4. The van der Waals surface area contributed by atoms with E-state index < -0.39 is 0 Å². The normalized spacial score (nSPS) is 12.2. The number of benzene rings is 2. The summed E-state index contributed by atoms with van der Waals surface area (Å²) in [5.41, 5.74) is 1.96. The van der Waals surface area contributed by atoms with E-state index in [0.29, 0.717) is 6.42 Å². The highest BCUT2D eigenvalue weighted by Crippen LogP contribution is 2.15. The summed E-state index contributed by atoms with van der Waals surface area (Å²) in [6, 6.07) is 15.1. The van der Waals surface area contributed by atoms with Gasteiger partial charge in [0.05, 0.1) is 7.11 Å². The van der Waals surface area contributed by atoms with E-state index in [1.54, 1.807) is 13.2 Å². The summed E-state index contributed by atoms with van der Waals surface area (Å²) in [5, 5.41) is 3.26. The third kappa shape index (κ3) is 3.81. The lowest BCUT2D eigenvalue weighted by atomic mass is 9.99. The molecular formula is C17H20FNO. The molecule has 0 saturated carbocycles. The van der Waals surface area contributed by atoms with Gasteiger partial charge in [-0.25, -0.2) is 4.39 Å². The van der Waals surface area contributed by atoms with Crippen LogP contribution in [-0.2, 0) is 12.8 Å². The van der Waals surface area contributed by atoms with Crippen molar-refractivity contribution in [2.24, 2.45) is 0 Å². The Morgan fingerprint density at radius 2 is 1.75 bits per heavy atom. The Bertz CT molecular complexity index is 539. The lowest BCUT2D eigenvalue weighted by Crippen LogP contribution is -2.30. The van der Waals surface area contributed by atoms with Gasteiger partial charge in [0.2, 0.25) is 0 Å². The van der Waals surface area contributed by atoms with Crippen LogP contribution in [-0.4, -0.2) is 20.2 Å². The molecule has 20 heavy (non-hydrogen) atoms. The van der Waals surface area contributed by atoms with Crippen LogP contribution in [0, 0.1) is 5.82 Å². The Hall–Kier alpha value is -1.87. The Morgan fingerprint density at radius 1 is 1.05 bits per heavy atom. The van der Waals surface area contributed by atoms with Crippen molar-refractivity contribution in [1.82, 2.24) is 5.32 Å². The first-order valence-corrected chi connectivity index (χ1v) is 6.76. The van der Waals surface area contributed by atoms with Crippen LogP contribution in [0.5, 0.6) is 5.75 Å². The maximum absolute atomic E-state index is 13.7. The van der Waals surface area contributed by atoms with Crippen molar-refractivity contribution in [3.8, 4) is 5.75 Å². The predicted molar refractivity (Wildman–Crippen MR) is 79.6 cm³/mol. The first-order valence-electron chi connectivity index (χ1n) is 6.76. The van der Waals surface area contributed by atoms with Crippen molar-refractivity contribution in [2.45, 2.75) is 18.9 Å². The Labute approximate surface area is 119 Å². The summed E-state index contributed by atoms with van der Waals surface area (Å²) in [7, 11) is 3.57. The summed E-state index contributed by atoms with van der Waals surface area (Å²) >= 11 is 0. The molecule has 1 unspecified atom stereocenters. The van der Waals surface area contributed by atoms with Gasteiger partial charge in [-0.3, -0.25) is 0 Å². The second kappa shape index (κ2) is 7.06. The minimum Gasteiger partial charge on any atom is -0.497 e. The fourth-order valence-electron chi connectivity index (χ4n) is 2.25. The van der Waals surface area contributed by atoms with Crippen LogP contribution in [0.2, 0.25) is 0 Å². The Balaban J connectivity index is 2.03. The second-order valence-corrected chi connectivity index (χ2v) is 4.83. The zero-order valence-corrected chi connectivity index (χ0v) is 11.9. The van der Waals surface area contributed by atoms with E-state index in [0.717, 1.165) is 17.7 Å². The van der Waals surface area contributed by atoms with Crippen molar-refractivity contribution in [1.29, 1.82) is 0 Å². The molecule has 1 N–H and O–H groups in total. The lowest BCUT2D eigenvalue weighted by Gasteiger charge is -2.17. The predicted octanol–water partition coefficient (Wildman–Crippen LogP) is 3.21. The summed E-state index contributed by atoms with van der Waals surface area (Å²) in [4.78, 5) is 0. The molecule has 0 radical (unpaired) electrons. The number of likely N-dealkylation sites (N-methyl/N-ethyl adjacent to an activating group) is 1. The standard InChI is InChI=1S/C17H20FNO/c1-19-15(12-14-5-3-4-6-17(14)18)11-13-7-9-16(20-2)10-8-13/h3-10,15,19H,11-12H2,1-2H3. The van der Waals surface area contributed by atoms with Crippen molar-refractivity contribution >= 4 is 0 Å². The number of methoxy groups -OCH3 is 1. The van der Waals surface area contributed by atoms with Gasteiger partial charge in [-0.15, -0.1) is 0 Å². The number of hydrogen-bond donors (Lipinski definition) is 1. The van der Waals surface area contributed by atoms with Gasteiger partial charge in [0.15, 0.2) is 0 Å². The maximum atomic E-state index is 13.7. The van der Waals surface area contributed by atoms with E-state index in [9.17, 15) is 4.39 Å². The van der Waals surface area contributed by atoms with Crippen LogP contribution >= 0.6 is 0 Å². The fraction of sp³-hybridized carbons (Fsp3) is 0.294. The van der Waals surface area contributed by atoms with Crippen LogP contribution < -0.4 is 10.1 Å². The highest BCUT2D eigenvalue weighted by atomic mass is 19.1. The molecule has 2 nitrogen and oxygen atoms in total. The van der Waals surface area contributed by atoms with E-state index in [1.807, 2.05) is 43.4 Å². The molecule has 0 saturated heterocycles. The average Bonchev–Trinajstić information content (AvgIpc) is 2.49. The summed E-state index contributed by atoms with van der Waals surface area (Å²) in [6.07, 6.45) is 1.53. The summed E-state index contributed by atoms with van der Waals surface area (Å²) < 4.78 is 18.8. The second-order valence-electron chi connectivity index (χ2n) is 4.83. The highest BCUT2D eigenvalue weighted by molar-refractivity contribution is 5.28. The number of rotatable bonds is 6. The van der Waals surface area contributed by atoms with Crippen LogP contribution in [0.4, 0.5) is 4.39 Å². The molecule has 2 aromatic rings. The molecule has 3 heteroatoms. The molecule has 0 amide bonds. The van der Waals surface area contributed by atoms with Crippen LogP contribution in [0.1, 0.15) is 11.1 Å². The molecule has 0 aliphatic carbocycles. The fourth-order valence-corrected chi connectivity index (χ4v) is 2.25. The molecule has 0 bridgehead atoms. The molecule has 0 aromatic heterocycles. The van der Waals surface area contributed by atoms with Crippen LogP contribution in [0.25, 0.3) is 0 Å². The van der Waals surface area contributed by atoms with E-state index in [4.69, 9.17) is 4.74 Å². The molecule has 0 aliphatic rings. The molecular weight excluding hydrogens is 253 g/mol. The van der Waals surface area contributed by atoms with Crippen LogP contribution in [0.3, 0.4) is 0 Å². The van der Waals surface area contributed by atoms with E-state index in [2.05, 4.69) is 5.32 Å². The van der Waals surface area contributed by atoms with Gasteiger partial charge in [-0.05, 0) is 49.2 Å². The monoisotopic (exact) mass is 273 g/mol. The Morgan fingerprint density at radius 3 is 2.35 bits per heavy atom. The number of halogens is 1. The molecule has 0 aliphatic heterocycles. The molecule has 0 spiro atoms. The average molecular weight is 273 g/mol. The summed E-state index contributed by atoms with van der Waals surface area (Å²) in [5.74, 6) is 0.714. The SMILES string of the molecule is CNC(Cc1ccc(OC)cc1)Cc1ccccc1F. The van der Waals surface area contributed by atoms with Gasteiger partial charge in [0, 0.05) is 6.04 Å². The van der Waals surface area contributed by atoms with E-state index >= 15 is 0 Å². The zero-order valence-electron chi connectivity index (χ0n) is 11.9. The van der Waals surface area contributed by atoms with Gasteiger partial charge in [-0.1, -0.05) is 30.3 Å². The number of ether oxygens (including phenoxy) is 1. The van der Waals surface area contributed by atoms with Crippen LogP contribution in [0.15, 0.2) is 48.5 Å². The smallest absolute Gasteiger partial charge is 0.126 e. The third-order valence-corrected chi connectivity index (χ3v) is 3.47. The highest BCUT2D eigenvalue weighted by Gasteiger charge is 2.11. The third-order valence-electron chi connectivity index (χ3n) is 3.47. The molecule has 0 heterocycles. The van der Waals surface area contributed by atoms with Gasteiger partial charge in [0.1, 0.15) is 11.6 Å². The van der Waals surface area contributed by atoms with Crippen molar-refractivity contribution in [2.75, 3.05) is 14.2 Å². The van der Waals surface area contributed by atoms with Gasteiger partial charge in [0.25, 0.3) is 0 Å². The van der Waals surface area contributed by atoms with E-state index in [-0.39, 0.29) is 11.9 Å². The first kappa shape index (κ1) is 14.5. The Kier molecular flexibility index (Phi) is 5.13. The van der Waals surface area contributed by atoms with Crippen molar-refractivity contribution in [3.05, 3.63) is 65.5 Å². The van der Waals surface area contributed by atoms with Gasteiger partial charge in [-0.2, -0.15) is 0 Å². The maximum Gasteiger partial charge on any atom is 0.126 e. The van der Waals surface area contributed by atoms with Gasteiger partial charge < -0.3 is 10.1 Å². The topological polar surface area (TPSA) is 21.3 Å². The number of nitrogens with one attached hydrogen (secondary N) is 1. The van der Waals surface area contributed by atoms with Crippen molar-refractivity contribution in [3.63, 3.8) is 0 Å². The first-order chi connectivity index (χ1) is 9.72. The molecule has 2 rings (SSSR count). The largest absolute Gasteiger partial charge is 0.497 e. The minimum atomic E-state index is -0.137. The van der Waals surface area contributed by atoms with Gasteiger partial charge >= 0.3 is 0 Å². The quantitative estimate of drug-likeness (QED) is 0.872.